The lowest BCUT2D eigenvalue weighted by Gasteiger charge is -2.15. The number of Topliss-reactive ketones (excluding diaryl/α,β-unsaturated/α-hetero) is 1. The molecule has 0 radical (unpaired) electrons. The zero-order chi connectivity index (χ0) is 14.5. The van der Waals surface area contributed by atoms with Gasteiger partial charge in [-0.2, -0.15) is 0 Å². The van der Waals surface area contributed by atoms with Crippen molar-refractivity contribution in [1.29, 1.82) is 0 Å². The fourth-order valence-corrected chi connectivity index (χ4v) is 2.95. The molecule has 2 rings (SSSR count). The molecule has 3 nitrogen and oxygen atoms in total. The van der Waals surface area contributed by atoms with E-state index < -0.39 is 0 Å². The predicted octanol–water partition coefficient (Wildman–Crippen LogP) is 3.81. The van der Waals surface area contributed by atoms with Gasteiger partial charge >= 0.3 is 0 Å². The van der Waals surface area contributed by atoms with E-state index in [1.165, 1.54) is 4.88 Å². The number of thiazole rings is 1. The van der Waals surface area contributed by atoms with Gasteiger partial charge in [0.05, 0.1) is 11.2 Å². The molecule has 1 heterocycles. The summed E-state index contributed by atoms with van der Waals surface area (Å²) in [5, 5.41) is 0.601. The summed E-state index contributed by atoms with van der Waals surface area (Å²) in [5.41, 5.74) is 3.61. The zero-order valence-electron chi connectivity index (χ0n) is 11.6. The second-order valence-electron chi connectivity index (χ2n) is 4.78. The second kappa shape index (κ2) is 6.97. The molecule has 106 valence electrons. The Morgan fingerprint density at radius 2 is 2.25 bits per heavy atom. The molecule has 0 unspecified atom stereocenters. The summed E-state index contributed by atoms with van der Waals surface area (Å²) in [7, 11) is 2.02. The first-order valence-corrected chi connectivity index (χ1v) is 7.68. The van der Waals surface area contributed by atoms with Crippen LogP contribution in [0.15, 0.2) is 29.8 Å². The standard InChI is InChI=1S/C15H17ClN2OS/c1-11-15(20-10-17-11)9-18(2)7-6-14(19)12-4-3-5-13(16)8-12/h3-5,8,10H,6-7,9H2,1-2H3. The molecule has 20 heavy (non-hydrogen) atoms. The minimum absolute atomic E-state index is 0.125. The molecule has 0 amide bonds. The largest absolute Gasteiger partial charge is 0.301 e. The summed E-state index contributed by atoms with van der Waals surface area (Å²) in [6, 6.07) is 7.11. The normalized spacial score (nSPS) is 11.0. The molecule has 0 aliphatic heterocycles. The Hall–Kier alpha value is -1.23. The van der Waals surface area contributed by atoms with Gasteiger partial charge in [-0.15, -0.1) is 11.3 Å². The first-order chi connectivity index (χ1) is 9.56. The minimum atomic E-state index is 0.125. The van der Waals surface area contributed by atoms with Crippen LogP contribution >= 0.6 is 22.9 Å². The van der Waals surface area contributed by atoms with Gasteiger partial charge in [-0.25, -0.2) is 4.98 Å². The van der Waals surface area contributed by atoms with E-state index in [0.29, 0.717) is 17.0 Å². The first kappa shape index (κ1) is 15.2. The predicted molar refractivity (Wildman–Crippen MR) is 83.6 cm³/mol. The number of hydrogen-bond donors (Lipinski definition) is 0. The van der Waals surface area contributed by atoms with Crippen molar-refractivity contribution in [2.45, 2.75) is 19.9 Å². The maximum Gasteiger partial charge on any atom is 0.164 e. The Labute approximate surface area is 128 Å². The van der Waals surface area contributed by atoms with Crippen LogP contribution in [0.25, 0.3) is 0 Å². The van der Waals surface area contributed by atoms with Gasteiger partial charge in [0, 0.05) is 35.0 Å². The summed E-state index contributed by atoms with van der Waals surface area (Å²) in [5.74, 6) is 0.125. The van der Waals surface area contributed by atoms with Crippen LogP contribution in [-0.4, -0.2) is 29.3 Å². The van der Waals surface area contributed by atoms with E-state index >= 15 is 0 Å². The van der Waals surface area contributed by atoms with Crippen LogP contribution in [-0.2, 0) is 6.54 Å². The van der Waals surface area contributed by atoms with Crippen molar-refractivity contribution < 1.29 is 4.79 Å². The van der Waals surface area contributed by atoms with Gasteiger partial charge in [0.25, 0.3) is 0 Å². The molecule has 1 aromatic heterocycles. The third-order valence-corrected chi connectivity index (χ3v) is 4.28. The average Bonchev–Trinajstić information content (AvgIpc) is 2.81. The lowest BCUT2D eigenvalue weighted by molar-refractivity contribution is 0.0968. The van der Waals surface area contributed by atoms with Gasteiger partial charge in [-0.3, -0.25) is 4.79 Å². The number of rotatable bonds is 6. The van der Waals surface area contributed by atoms with Crippen LogP contribution in [0.5, 0.6) is 0 Å². The third-order valence-electron chi connectivity index (χ3n) is 3.13. The first-order valence-electron chi connectivity index (χ1n) is 6.42. The molecule has 1 aromatic carbocycles. The molecule has 0 aliphatic carbocycles. The molecular weight excluding hydrogens is 292 g/mol. The second-order valence-corrected chi connectivity index (χ2v) is 6.16. The quantitative estimate of drug-likeness (QED) is 0.761. The van der Waals surface area contributed by atoms with Crippen molar-refractivity contribution in [1.82, 2.24) is 9.88 Å². The number of aryl methyl sites for hydroxylation is 1. The Morgan fingerprint density at radius 1 is 1.45 bits per heavy atom. The Bertz CT molecular complexity index is 597. The maximum absolute atomic E-state index is 12.1. The molecule has 0 atom stereocenters. The van der Waals surface area contributed by atoms with Crippen LogP contribution in [0.4, 0.5) is 0 Å². The van der Waals surface area contributed by atoms with Gasteiger partial charge in [0.15, 0.2) is 5.78 Å². The number of nitrogens with zero attached hydrogens (tertiary/aromatic N) is 2. The molecule has 0 aliphatic rings. The average molecular weight is 309 g/mol. The Balaban J connectivity index is 1.86. The monoisotopic (exact) mass is 308 g/mol. The number of carbonyl (C=O) groups is 1. The molecule has 0 spiro atoms. The van der Waals surface area contributed by atoms with E-state index in [4.69, 9.17) is 11.6 Å². The fourth-order valence-electron chi connectivity index (χ4n) is 1.90. The molecule has 0 saturated carbocycles. The SMILES string of the molecule is Cc1ncsc1CN(C)CCC(=O)c1cccc(Cl)c1. The van der Waals surface area contributed by atoms with Gasteiger partial charge in [0.2, 0.25) is 0 Å². The summed E-state index contributed by atoms with van der Waals surface area (Å²) >= 11 is 7.55. The van der Waals surface area contributed by atoms with Gasteiger partial charge in [-0.05, 0) is 26.1 Å². The van der Waals surface area contributed by atoms with E-state index in [0.717, 1.165) is 18.8 Å². The summed E-state index contributed by atoms with van der Waals surface area (Å²) in [4.78, 5) is 19.7. The lowest BCUT2D eigenvalue weighted by atomic mass is 10.1. The van der Waals surface area contributed by atoms with Crippen molar-refractivity contribution in [2.75, 3.05) is 13.6 Å². The number of hydrogen-bond acceptors (Lipinski definition) is 4. The van der Waals surface area contributed by atoms with Crippen molar-refractivity contribution in [3.05, 3.63) is 50.9 Å². The van der Waals surface area contributed by atoms with E-state index in [1.807, 2.05) is 25.5 Å². The van der Waals surface area contributed by atoms with Crippen LogP contribution in [0.3, 0.4) is 0 Å². The molecule has 5 heteroatoms. The summed E-state index contributed by atoms with van der Waals surface area (Å²) < 4.78 is 0. The summed E-state index contributed by atoms with van der Waals surface area (Å²) in [6.45, 7) is 3.57. The highest BCUT2D eigenvalue weighted by molar-refractivity contribution is 7.09. The van der Waals surface area contributed by atoms with Crippen LogP contribution in [0.2, 0.25) is 5.02 Å². The number of ketones is 1. The van der Waals surface area contributed by atoms with Crippen molar-refractivity contribution >= 4 is 28.7 Å². The fraction of sp³-hybridized carbons (Fsp3) is 0.333. The van der Waals surface area contributed by atoms with Gasteiger partial charge in [0.1, 0.15) is 0 Å². The van der Waals surface area contributed by atoms with E-state index in [9.17, 15) is 4.79 Å². The molecular formula is C15H17ClN2OS. The highest BCUT2D eigenvalue weighted by atomic mass is 35.5. The number of benzene rings is 1. The van der Waals surface area contributed by atoms with Crippen LogP contribution < -0.4 is 0 Å². The van der Waals surface area contributed by atoms with Crippen molar-refractivity contribution in [2.24, 2.45) is 0 Å². The summed E-state index contributed by atoms with van der Waals surface area (Å²) in [6.07, 6.45) is 0.495. The number of halogens is 1. The molecule has 0 bridgehead atoms. The lowest BCUT2D eigenvalue weighted by Crippen LogP contribution is -2.21. The molecule has 0 saturated heterocycles. The van der Waals surface area contributed by atoms with E-state index in [2.05, 4.69) is 9.88 Å². The number of carbonyl (C=O) groups excluding carboxylic acids is 1. The highest BCUT2D eigenvalue weighted by Crippen LogP contribution is 2.15. The minimum Gasteiger partial charge on any atom is -0.301 e. The third kappa shape index (κ3) is 4.13. The smallest absolute Gasteiger partial charge is 0.164 e. The Kier molecular flexibility index (Phi) is 5.29. The topological polar surface area (TPSA) is 33.2 Å². The number of aromatic nitrogens is 1. The maximum atomic E-state index is 12.1. The van der Waals surface area contributed by atoms with E-state index in [1.54, 1.807) is 29.5 Å². The molecule has 0 N–H and O–H groups in total. The zero-order valence-corrected chi connectivity index (χ0v) is 13.2. The molecule has 0 fully saturated rings. The van der Waals surface area contributed by atoms with Crippen molar-refractivity contribution in [3.63, 3.8) is 0 Å². The van der Waals surface area contributed by atoms with Gasteiger partial charge in [-0.1, -0.05) is 23.7 Å². The highest BCUT2D eigenvalue weighted by Gasteiger charge is 2.10. The van der Waals surface area contributed by atoms with Crippen LogP contribution in [0.1, 0.15) is 27.3 Å². The Morgan fingerprint density at radius 3 is 2.90 bits per heavy atom. The van der Waals surface area contributed by atoms with Crippen molar-refractivity contribution in [3.8, 4) is 0 Å². The van der Waals surface area contributed by atoms with Crippen LogP contribution in [0, 0.1) is 6.92 Å². The molecule has 2 aromatic rings. The van der Waals surface area contributed by atoms with E-state index in [-0.39, 0.29) is 5.78 Å². The van der Waals surface area contributed by atoms with Gasteiger partial charge < -0.3 is 4.90 Å².